The standard InChI is InChI=1S/C10H10BrNO4/c1-15-9-7(5-6-12(13)14)3-4-8(11)10(9)16-2/h3-6H,1-2H3/b6-5-. The van der Waals surface area contributed by atoms with Crippen molar-refractivity contribution in [3.63, 3.8) is 0 Å². The Kier molecular flexibility index (Phi) is 4.30. The molecule has 0 unspecified atom stereocenters. The van der Waals surface area contributed by atoms with Crippen molar-refractivity contribution in [3.05, 3.63) is 38.5 Å². The molecule has 5 nitrogen and oxygen atoms in total. The molecule has 0 aliphatic rings. The molecule has 0 N–H and O–H groups in total. The van der Waals surface area contributed by atoms with Crippen LogP contribution in [0.1, 0.15) is 5.56 Å². The van der Waals surface area contributed by atoms with Gasteiger partial charge in [-0.1, -0.05) is 0 Å². The monoisotopic (exact) mass is 287 g/mol. The highest BCUT2D eigenvalue weighted by molar-refractivity contribution is 9.10. The Morgan fingerprint density at radius 3 is 2.44 bits per heavy atom. The van der Waals surface area contributed by atoms with Crippen LogP contribution in [-0.4, -0.2) is 19.1 Å². The maximum absolute atomic E-state index is 10.2. The van der Waals surface area contributed by atoms with E-state index in [0.717, 1.165) is 10.7 Å². The van der Waals surface area contributed by atoms with Gasteiger partial charge in [-0.25, -0.2) is 0 Å². The molecule has 0 fully saturated rings. The highest BCUT2D eigenvalue weighted by Crippen LogP contribution is 2.38. The molecule has 86 valence electrons. The molecule has 6 heteroatoms. The van der Waals surface area contributed by atoms with Crippen molar-refractivity contribution in [2.45, 2.75) is 0 Å². The molecule has 0 amide bonds. The summed E-state index contributed by atoms with van der Waals surface area (Å²) >= 11 is 3.30. The maximum Gasteiger partial charge on any atom is 0.235 e. The maximum atomic E-state index is 10.2. The van der Waals surface area contributed by atoms with Crippen molar-refractivity contribution in [1.82, 2.24) is 0 Å². The van der Waals surface area contributed by atoms with Gasteiger partial charge in [0.1, 0.15) is 0 Å². The van der Waals surface area contributed by atoms with E-state index in [2.05, 4.69) is 15.9 Å². The molecule has 0 heterocycles. The Hall–Kier alpha value is -1.56. The molecule has 0 atom stereocenters. The van der Waals surface area contributed by atoms with Gasteiger partial charge in [-0.15, -0.1) is 0 Å². The predicted molar refractivity (Wildman–Crippen MR) is 63.3 cm³/mol. The van der Waals surface area contributed by atoms with Gasteiger partial charge < -0.3 is 9.47 Å². The van der Waals surface area contributed by atoms with Crippen molar-refractivity contribution in [1.29, 1.82) is 0 Å². The third-order valence-corrected chi connectivity index (χ3v) is 2.50. The molecule has 0 spiro atoms. The molecule has 0 radical (unpaired) electrons. The van der Waals surface area contributed by atoms with Crippen molar-refractivity contribution in [2.75, 3.05) is 14.2 Å². The Bertz CT molecular complexity index is 431. The molecule has 0 bridgehead atoms. The topological polar surface area (TPSA) is 61.6 Å². The van der Waals surface area contributed by atoms with E-state index in [9.17, 15) is 10.1 Å². The number of nitrogens with zero attached hydrogens (tertiary/aromatic N) is 1. The molecule has 1 aromatic carbocycles. The van der Waals surface area contributed by atoms with Crippen LogP contribution in [0.3, 0.4) is 0 Å². The highest BCUT2D eigenvalue weighted by atomic mass is 79.9. The Balaban J connectivity index is 3.24. The van der Waals surface area contributed by atoms with Gasteiger partial charge in [0.15, 0.2) is 11.5 Å². The lowest BCUT2D eigenvalue weighted by molar-refractivity contribution is -0.400. The number of hydrogen-bond acceptors (Lipinski definition) is 4. The van der Waals surface area contributed by atoms with E-state index in [-0.39, 0.29) is 0 Å². The highest BCUT2D eigenvalue weighted by Gasteiger charge is 2.12. The van der Waals surface area contributed by atoms with Gasteiger partial charge in [-0.05, 0) is 28.1 Å². The zero-order chi connectivity index (χ0) is 12.1. The first kappa shape index (κ1) is 12.5. The summed E-state index contributed by atoms with van der Waals surface area (Å²) in [6.45, 7) is 0. The molecule has 1 aromatic rings. The summed E-state index contributed by atoms with van der Waals surface area (Å²) in [4.78, 5) is 9.70. The number of hydrogen-bond donors (Lipinski definition) is 0. The number of benzene rings is 1. The van der Waals surface area contributed by atoms with Crippen molar-refractivity contribution in [2.24, 2.45) is 0 Å². The molecule has 16 heavy (non-hydrogen) atoms. The van der Waals surface area contributed by atoms with E-state index in [1.807, 2.05) is 0 Å². The van der Waals surface area contributed by atoms with Gasteiger partial charge in [0, 0.05) is 11.6 Å². The van der Waals surface area contributed by atoms with Crippen LogP contribution in [0, 0.1) is 10.1 Å². The quantitative estimate of drug-likeness (QED) is 0.631. The number of halogens is 1. The lowest BCUT2D eigenvalue weighted by atomic mass is 10.2. The van der Waals surface area contributed by atoms with Crippen LogP contribution in [0.25, 0.3) is 6.08 Å². The zero-order valence-electron chi connectivity index (χ0n) is 8.77. The fourth-order valence-corrected chi connectivity index (χ4v) is 1.70. The van der Waals surface area contributed by atoms with E-state index < -0.39 is 4.92 Å². The second kappa shape index (κ2) is 5.50. The Morgan fingerprint density at radius 1 is 1.31 bits per heavy atom. The summed E-state index contributed by atoms with van der Waals surface area (Å²) in [5.41, 5.74) is 0.583. The summed E-state index contributed by atoms with van der Waals surface area (Å²) < 4.78 is 11.0. The predicted octanol–water partition coefficient (Wildman–Crippen LogP) is 2.71. The van der Waals surface area contributed by atoms with Crippen LogP contribution in [0.4, 0.5) is 0 Å². The molecule has 0 aliphatic carbocycles. The SMILES string of the molecule is COc1c(Br)ccc(/C=C\[N+](=O)[O-])c1OC. The molecule has 0 saturated carbocycles. The van der Waals surface area contributed by atoms with Gasteiger partial charge in [0.2, 0.25) is 6.20 Å². The second-order valence-electron chi connectivity index (χ2n) is 2.80. The number of rotatable bonds is 4. The van der Waals surface area contributed by atoms with Crippen molar-refractivity contribution in [3.8, 4) is 11.5 Å². The van der Waals surface area contributed by atoms with E-state index in [4.69, 9.17) is 9.47 Å². The van der Waals surface area contributed by atoms with Crippen LogP contribution in [-0.2, 0) is 0 Å². The van der Waals surface area contributed by atoms with Gasteiger partial charge in [-0.3, -0.25) is 10.1 Å². The first-order valence-electron chi connectivity index (χ1n) is 4.32. The minimum Gasteiger partial charge on any atom is -0.492 e. The van der Waals surface area contributed by atoms with Crippen LogP contribution in [0.2, 0.25) is 0 Å². The first-order valence-corrected chi connectivity index (χ1v) is 5.11. The minimum atomic E-state index is -0.534. The molecule has 0 aromatic heterocycles. The smallest absolute Gasteiger partial charge is 0.235 e. The fourth-order valence-electron chi connectivity index (χ4n) is 1.23. The van der Waals surface area contributed by atoms with Crippen LogP contribution in [0.15, 0.2) is 22.8 Å². The number of methoxy groups -OCH3 is 2. The normalized spacial score (nSPS) is 10.4. The first-order chi connectivity index (χ1) is 7.60. The van der Waals surface area contributed by atoms with Gasteiger partial charge in [-0.2, -0.15) is 0 Å². The van der Waals surface area contributed by atoms with Crippen LogP contribution < -0.4 is 9.47 Å². The molecular formula is C10H10BrNO4. The largest absolute Gasteiger partial charge is 0.492 e. The van der Waals surface area contributed by atoms with E-state index in [1.165, 1.54) is 20.3 Å². The summed E-state index contributed by atoms with van der Waals surface area (Å²) in [6.07, 6.45) is 2.21. The number of nitro groups is 1. The summed E-state index contributed by atoms with van der Waals surface area (Å²) in [5, 5.41) is 10.2. The third-order valence-electron chi connectivity index (χ3n) is 1.88. The molecule has 1 rings (SSSR count). The lowest BCUT2D eigenvalue weighted by Gasteiger charge is -2.11. The van der Waals surface area contributed by atoms with Gasteiger partial charge >= 0.3 is 0 Å². The average Bonchev–Trinajstić information content (AvgIpc) is 2.26. The molecular weight excluding hydrogens is 278 g/mol. The lowest BCUT2D eigenvalue weighted by Crippen LogP contribution is -1.94. The summed E-state index contributed by atoms with van der Waals surface area (Å²) in [6, 6.07) is 3.44. The van der Waals surface area contributed by atoms with Crippen molar-refractivity contribution < 1.29 is 14.4 Å². The van der Waals surface area contributed by atoms with E-state index in [0.29, 0.717) is 17.1 Å². The number of ether oxygens (including phenoxy) is 2. The summed E-state index contributed by atoms with van der Waals surface area (Å²) in [5.74, 6) is 0.961. The molecule has 0 aliphatic heterocycles. The fraction of sp³-hybridized carbons (Fsp3) is 0.200. The van der Waals surface area contributed by atoms with Gasteiger partial charge in [0.05, 0.1) is 23.6 Å². The minimum absolute atomic E-state index is 0.454. The second-order valence-corrected chi connectivity index (χ2v) is 3.66. The average molecular weight is 288 g/mol. The van der Waals surface area contributed by atoms with Crippen LogP contribution in [0.5, 0.6) is 11.5 Å². The van der Waals surface area contributed by atoms with Crippen LogP contribution >= 0.6 is 15.9 Å². The Labute approximate surface area is 101 Å². The van der Waals surface area contributed by atoms with Gasteiger partial charge in [0.25, 0.3) is 0 Å². The third kappa shape index (κ3) is 2.73. The van der Waals surface area contributed by atoms with E-state index >= 15 is 0 Å². The van der Waals surface area contributed by atoms with Crippen molar-refractivity contribution >= 4 is 22.0 Å². The van der Waals surface area contributed by atoms with E-state index in [1.54, 1.807) is 12.1 Å². The zero-order valence-corrected chi connectivity index (χ0v) is 10.4. The Morgan fingerprint density at radius 2 is 1.94 bits per heavy atom. The molecule has 0 saturated heterocycles. The summed E-state index contributed by atoms with van der Waals surface area (Å²) in [7, 11) is 2.98.